The molecule has 100 valence electrons. The van der Waals surface area contributed by atoms with Crippen LogP contribution in [0.2, 0.25) is 0 Å². The van der Waals surface area contributed by atoms with Gasteiger partial charge in [0, 0.05) is 30.7 Å². The molecule has 0 spiro atoms. The van der Waals surface area contributed by atoms with Crippen LogP contribution in [0.25, 0.3) is 0 Å². The van der Waals surface area contributed by atoms with Crippen molar-refractivity contribution in [2.45, 2.75) is 13.5 Å². The van der Waals surface area contributed by atoms with E-state index in [0.717, 1.165) is 11.4 Å². The monoisotopic (exact) mass is 259 g/mol. The predicted molar refractivity (Wildman–Crippen MR) is 72.1 cm³/mol. The van der Waals surface area contributed by atoms with Crippen molar-refractivity contribution in [3.8, 4) is 5.88 Å². The number of nitrogens with one attached hydrogen (secondary N) is 1. The Balaban J connectivity index is 1.99. The van der Waals surface area contributed by atoms with E-state index in [1.54, 1.807) is 19.2 Å². The maximum Gasteiger partial charge on any atom is 0.253 e. The number of nitrogens with zero attached hydrogens (tertiary/aromatic N) is 2. The maximum absolute atomic E-state index is 11.9. The van der Waals surface area contributed by atoms with Crippen LogP contribution < -0.4 is 10.1 Å². The summed E-state index contributed by atoms with van der Waals surface area (Å²) in [5.41, 5.74) is 2.74. The van der Waals surface area contributed by atoms with Crippen LogP contribution >= 0.6 is 0 Å². The van der Waals surface area contributed by atoms with E-state index in [0.29, 0.717) is 18.0 Å². The molecule has 19 heavy (non-hydrogen) atoms. The third kappa shape index (κ3) is 2.93. The van der Waals surface area contributed by atoms with E-state index < -0.39 is 0 Å². The highest BCUT2D eigenvalue weighted by atomic mass is 16.5. The molecule has 5 nitrogen and oxygen atoms in total. The summed E-state index contributed by atoms with van der Waals surface area (Å²) in [6.07, 6.45) is 1.50. The molecule has 0 aliphatic heterocycles. The lowest BCUT2D eigenvalue weighted by Crippen LogP contribution is -2.24. The molecular weight excluding hydrogens is 242 g/mol. The zero-order chi connectivity index (χ0) is 13.8. The number of carbonyl (C=O) groups excluding carboxylic acids is 1. The number of aryl methyl sites for hydroxylation is 1. The normalized spacial score (nSPS) is 10.3. The van der Waals surface area contributed by atoms with Gasteiger partial charge in [-0.15, -0.1) is 0 Å². The number of amides is 1. The zero-order valence-electron chi connectivity index (χ0n) is 11.3. The van der Waals surface area contributed by atoms with Crippen LogP contribution in [-0.4, -0.2) is 22.6 Å². The van der Waals surface area contributed by atoms with Crippen molar-refractivity contribution in [2.24, 2.45) is 7.05 Å². The van der Waals surface area contributed by atoms with Gasteiger partial charge in [-0.2, -0.15) is 0 Å². The minimum absolute atomic E-state index is 0.144. The number of hydrogen-bond donors (Lipinski definition) is 1. The molecule has 0 saturated carbocycles. The second-order valence-electron chi connectivity index (χ2n) is 4.30. The van der Waals surface area contributed by atoms with Crippen LogP contribution in [0.4, 0.5) is 0 Å². The Morgan fingerprint density at radius 3 is 2.68 bits per heavy atom. The van der Waals surface area contributed by atoms with Gasteiger partial charge in [0.15, 0.2) is 0 Å². The van der Waals surface area contributed by atoms with Crippen molar-refractivity contribution < 1.29 is 9.53 Å². The van der Waals surface area contributed by atoms with E-state index in [2.05, 4.69) is 10.3 Å². The molecule has 0 fully saturated rings. The largest absolute Gasteiger partial charge is 0.481 e. The molecule has 0 aromatic carbocycles. The Kier molecular flexibility index (Phi) is 3.85. The van der Waals surface area contributed by atoms with E-state index in [4.69, 9.17) is 4.74 Å². The van der Waals surface area contributed by atoms with Gasteiger partial charge in [-0.3, -0.25) is 4.79 Å². The first-order valence-corrected chi connectivity index (χ1v) is 6.01. The van der Waals surface area contributed by atoms with E-state index in [1.165, 1.54) is 6.20 Å². The Bertz CT molecular complexity index is 573. The van der Waals surface area contributed by atoms with Gasteiger partial charge in [0.1, 0.15) is 0 Å². The lowest BCUT2D eigenvalue weighted by atomic mass is 10.2. The summed E-state index contributed by atoms with van der Waals surface area (Å²) in [6.45, 7) is 2.52. The molecule has 0 aliphatic carbocycles. The summed E-state index contributed by atoms with van der Waals surface area (Å²) >= 11 is 0. The second kappa shape index (κ2) is 5.56. The third-order valence-corrected chi connectivity index (χ3v) is 3.11. The van der Waals surface area contributed by atoms with Gasteiger partial charge in [-0.05, 0) is 25.1 Å². The first-order valence-electron chi connectivity index (χ1n) is 6.01. The van der Waals surface area contributed by atoms with Crippen molar-refractivity contribution in [2.75, 3.05) is 7.11 Å². The van der Waals surface area contributed by atoms with Gasteiger partial charge < -0.3 is 14.6 Å². The minimum Gasteiger partial charge on any atom is -0.481 e. The molecule has 0 bridgehead atoms. The molecular formula is C14H17N3O2. The van der Waals surface area contributed by atoms with Crippen molar-refractivity contribution in [1.29, 1.82) is 0 Å². The maximum atomic E-state index is 11.9. The topological polar surface area (TPSA) is 56.1 Å². The van der Waals surface area contributed by atoms with Crippen molar-refractivity contribution in [3.63, 3.8) is 0 Å². The van der Waals surface area contributed by atoms with E-state index in [-0.39, 0.29) is 5.91 Å². The molecule has 2 aromatic rings. The molecule has 2 heterocycles. The van der Waals surface area contributed by atoms with Gasteiger partial charge in [-0.1, -0.05) is 0 Å². The molecule has 1 N–H and O–H groups in total. The summed E-state index contributed by atoms with van der Waals surface area (Å²) in [4.78, 5) is 15.9. The number of ether oxygens (including phenoxy) is 1. The Labute approximate surface area is 112 Å². The van der Waals surface area contributed by atoms with Crippen LogP contribution in [-0.2, 0) is 13.6 Å². The van der Waals surface area contributed by atoms with E-state index in [9.17, 15) is 4.79 Å². The standard InChI is InChI=1S/C14H17N3O2/c1-10-4-6-12(17(10)2)9-16-14(18)11-5-7-13(19-3)15-8-11/h4-8H,9H2,1-3H3,(H,16,18). The summed E-state index contributed by atoms with van der Waals surface area (Å²) < 4.78 is 7.00. The molecule has 0 unspecified atom stereocenters. The quantitative estimate of drug-likeness (QED) is 0.908. The highest BCUT2D eigenvalue weighted by molar-refractivity contribution is 5.93. The highest BCUT2D eigenvalue weighted by Gasteiger charge is 2.07. The fourth-order valence-electron chi connectivity index (χ4n) is 1.75. The molecule has 0 saturated heterocycles. The molecule has 2 rings (SSSR count). The number of methoxy groups -OCH3 is 1. The van der Waals surface area contributed by atoms with Gasteiger partial charge in [-0.25, -0.2) is 4.98 Å². The number of rotatable bonds is 4. The molecule has 1 amide bonds. The van der Waals surface area contributed by atoms with Crippen molar-refractivity contribution in [1.82, 2.24) is 14.9 Å². The average Bonchev–Trinajstić information content (AvgIpc) is 2.76. The van der Waals surface area contributed by atoms with Crippen molar-refractivity contribution >= 4 is 5.91 Å². The van der Waals surface area contributed by atoms with E-state index >= 15 is 0 Å². The molecule has 2 aromatic heterocycles. The smallest absolute Gasteiger partial charge is 0.253 e. The first-order chi connectivity index (χ1) is 9.11. The Morgan fingerprint density at radius 1 is 1.37 bits per heavy atom. The fraction of sp³-hybridized carbons (Fsp3) is 0.286. The van der Waals surface area contributed by atoms with Gasteiger partial charge >= 0.3 is 0 Å². The summed E-state index contributed by atoms with van der Waals surface area (Å²) in [5, 5.41) is 2.87. The Hall–Kier alpha value is -2.30. The Morgan fingerprint density at radius 2 is 2.16 bits per heavy atom. The van der Waals surface area contributed by atoms with Gasteiger partial charge in [0.25, 0.3) is 5.91 Å². The lowest BCUT2D eigenvalue weighted by Gasteiger charge is -2.07. The van der Waals surface area contributed by atoms with Crippen LogP contribution in [0, 0.1) is 6.92 Å². The number of hydrogen-bond acceptors (Lipinski definition) is 3. The molecule has 0 radical (unpaired) electrons. The fourth-order valence-corrected chi connectivity index (χ4v) is 1.75. The van der Waals surface area contributed by atoms with E-state index in [1.807, 2.05) is 30.7 Å². The van der Waals surface area contributed by atoms with Crippen LogP contribution in [0.15, 0.2) is 30.5 Å². The third-order valence-electron chi connectivity index (χ3n) is 3.11. The van der Waals surface area contributed by atoms with Crippen LogP contribution in [0.1, 0.15) is 21.7 Å². The van der Waals surface area contributed by atoms with Crippen LogP contribution in [0.5, 0.6) is 5.88 Å². The minimum atomic E-state index is -0.144. The predicted octanol–water partition coefficient (Wildman–Crippen LogP) is 1.67. The molecule has 0 atom stereocenters. The summed E-state index contributed by atoms with van der Waals surface area (Å²) in [7, 11) is 3.52. The molecule has 0 aliphatic rings. The second-order valence-corrected chi connectivity index (χ2v) is 4.30. The van der Waals surface area contributed by atoms with Gasteiger partial charge in [0.2, 0.25) is 5.88 Å². The number of aromatic nitrogens is 2. The highest BCUT2D eigenvalue weighted by Crippen LogP contribution is 2.08. The summed E-state index contributed by atoms with van der Waals surface area (Å²) in [6, 6.07) is 7.39. The molecule has 5 heteroatoms. The number of pyridine rings is 1. The van der Waals surface area contributed by atoms with Crippen LogP contribution in [0.3, 0.4) is 0 Å². The first kappa shape index (κ1) is 13.1. The lowest BCUT2D eigenvalue weighted by molar-refractivity contribution is 0.0949. The average molecular weight is 259 g/mol. The summed E-state index contributed by atoms with van der Waals surface area (Å²) in [5.74, 6) is 0.351. The SMILES string of the molecule is COc1ccc(C(=O)NCc2ccc(C)n2C)cn1. The van der Waals surface area contributed by atoms with Gasteiger partial charge in [0.05, 0.1) is 19.2 Å². The van der Waals surface area contributed by atoms with Crippen molar-refractivity contribution in [3.05, 3.63) is 47.4 Å². The zero-order valence-corrected chi connectivity index (χ0v) is 11.3. The number of carbonyl (C=O) groups is 1.